The first kappa shape index (κ1) is 15.9. The maximum absolute atomic E-state index is 6.10. The Bertz CT molecular complexity index is 211. The van der Waals surface area contributed by atoms with Gasteiger partial charge in [0.05, 0.1) is 18.3 Å². The molecule has 0 aromatic carbocycles. The average molecular weight is 257 g/mol. The number of ether oxygens (including phenoxy) is 2. The highest BCUT2D eigenvalue weighted by atomic mass is 16.6. The molecule has 4 unspecified atom stereocenters. The minimum atomic E-state index is 0.248. The van der Waals surface area contributed by atoms with E-state index in [0.717, 1.165) is 13.0 Å². The Morgan fingerprint density at radius 3 is 2.61 bits per heavy atom. The quantitative estimate of drug-likeness (QED) is 0.610. The van der Waals surface area contributed by atoms with Crippen LogP contribution >= 0.6 is 0 Å². The van der Waals surface area contributed by atoms with Gasteiger partial charge in [-0.25, -0.2) is 0 Å². The van der Waals surface area contributed by atoms with Crippen molar-refractivity contribution >= 4 is 0 Å². The molecular formula is C15H31NO2. The number of likely N-dealkylation sites (N-methyl/N-ethyl adjacent to an activating group) is 1. The van der Waals surface area contributed by atoms with E-state index >= 15 is 0 Å². The zero-order valence-corrected chi connectivity index (χ0v) is 12.6. The monoisotopic (exact) mass is 257 g/mol. The molecular weight excluding hydrogens is 226 g/mol. The summed E-state index contributed by atoms with van der Waals surface area (Å²) < 4.78 is 11.8. The highest BCUT2D eigenvalue weighted by molar-refractivity contribution is 4.96. The zero-order chi connectivity index (χ0) is 13.4. The Morgan fingerprint density at radius 1 is 1.22 bits per heavy atom. The van der Waals surface area contributed by atoms with Crippen molar-refractivity contribution in [2.45, 2.75) is 83.6 Å². The van der Waals surface area contributed by atoms with Gasteiger partial charge in [-0.1, -0.05) is 32.6 Å². The van der Waals surface area contributed by atoms with Crippen molar-refractivity contribution in [2.24, 2.45) is 0 Å². The lowest BCUT2D eigenvalue weighted by atomic mass is 9.85. The smallest absolute Gasteiger partial charge is 0.0990 e. The van der Waals surface area contributed by atoms with Crippen LogP contribution in [0.2, 0.25) is 0 Å². The summed E-state index contributed by atoms with van der Waals surface area (Å²) >= 11 is 0. The molecule has 0 amide bonds. The van der Waals surface area contributed by atoms with Crippen molar-refractivity contribution in [3.05, 3.63) is 0 Å². The predicted molar refractivity (Wildman–Crippen MR) is 76.0 cm³/mol. The maximum Gasteiger partial charge on any atom is 0.0990 e. The van der Waals surface area contributed by atoms with E-state index in [1.165, 1.54) is 32.1 Å². The fraction of sp³-hybridized carbons (Fsp3) is 1.00. The molecule has 0 aromatic rings. The molecule has 0 radical (unpaired) electrons. The van der Waals surface area contributed by atoms with E-state index in [0.29, 0.717) is 18.2 Å². The van der Waals surface area contributed by atoms with E-state index in [2.05, 4.69) is 26.1 Å². The molecule has 1 saturated carbocycles. The Labute approximate surface area is 113 Å². The van der Waals surface area contributed by atoms with E-state index in [-0.39, 0.29) is 6.10 Å². The summed E-state index contributed by atoms with van der Waals surface area (Å²) in [5.41, 5.74) is 0. The molecule has 1 fully saturated rings. The second-order valence-corrected chi connectivity index (χ2v) is 5.39. The molecule has 0 heterocycles. The minimum Gasteiger partial charge on any atom is -0.374 e. The van der Waals surface area contributed by atoms with Crippen LogP contribution in [-0.4, -0.2) is 38.0 Å². The molecule has 1 rings (SSSR count). The van der Waals surface area contributed by atoms with Gasteiger partial charge in [-0.15, -0.1) is 0 Å². The summed E-state index contributed by atoms with van der Waals surface area (Å²) in [5.74, 6) is 0. The lowest BCUT2D eigenvalue weighted by Gasteiger charge is -2.44. The van der Waals surface area contributed by atoms with Crippen LogP contribution in [0, 0.1) is 0 Å². The first-order chi connectivity index (χ1) is 8.72. The van der Waals surface area contributed by atoms with E-state index < -0.39 is 0 Å². The van der Waals surface area contributed by atoms with Gasteiger partial charge < -0.3 is 14.8 Å². The molecule has 4 atom stereocenters. The van der Waals surface area contributed by atoms with E-state index in [1.807, 2.05) is 7.05 Å². The lowest BCUT2D eigenvalue weighted by molar-refractivity contribution is -0.163. The first-order valence-corrected chi connectivity index (χ1v) is 7.67. The topological polar surface area (TPSA) is 30.5 Å². The van der Waals surface area contributed by atoms with E-state index in [4.69, 9.17) is 9.47 Å². The molecule has 0 saturated heterocycles. The molecule has 0 aromatic heterocycles. The highest BCUT2D eigenvalue weighted by Crippen LogP contribution is 2.29. The Morgan fingerprint density at radius 2 is 2.00 bits per heavy atom. The molecule has 1 N–H and O–H groups in total. The summed E-state index contributed by atoms with van der Waals surface area (Å²) in [4.78, 5) is 0. The lowest BCUT2D eigenvalue weighted by Crippen LogP contribution is -2.59. The van der Waals surface area contributed by atoms with Crippen molar-refractivity contribution in [1.29, 1.82) is 0 Å². The molecule has 3 nitrogen and oxygen atoms in total. The third-order valence-electron chi connectivity index (χ3n) is 3.85. The van der Waals surface area contributed by atoms with Gasteiger partial charge in [0.15, 0.2) is 0 Å². The second kappa shape index (κ2) is 8.89. The van der Waals surface area contributed by atoms with Gasteiger partial charge in [-0.3, -0.25) is 0 Å². The summed E-state index contributed by atoms with van der Waals surface area (Å²) in [5, 5.41) is 3.29. The van der Waals surface area contributed by atoms with Crippen molar-refractivity contribution in [3.63, 3.8) is 0 Å². The summed E-state index contributed by atoms with van der Waals surface area (Å²) in [7, 11) is 2.00. The Hall–Kier alpha value is -0.120. The van der Waals surface area contributed by atoms with Crippen LogP contribution < -0.4 is 5.32 Å². The molecule has 0 spiro atoms. The van der Waals surface area contributed by atoms with Crippen molar-refractivity contribution in [3.8, 4) is 0 Å². The average Bonchev–Trinajstić information content (AvgIpc) is 2.36. The second-order valence-electron chi connectivity index (χ2n) is 5.39. The molecule has 1 aliphatic rings. The van der Waals surface area contributed by atoms with Gasteiger partial charge in [-0.05, 0) is 33.7 Å². The normalized spacial score (nSPS) is 29.0. The fourth-order valence-electron chi connectivity index (χ4n) is 2.64. The van der Waals surface area contributed by atoms with Crippen LogP contribution in [0.25, 0.3) is 0 Å². The third kappa shape index (κ3) is 4.87. The van der Waals surface area contributed by atoms with Gasteiger partial charge in [0.2, 0.25) is 0 Å². The highest BCUT2D eigenvalue weighted by Gasteiger charge is 2.42. The SMILES string of the molecule is CCCCCCC(C)OC1CC(NC)C1OCC. The number of nitrogens with one attached hydrogen (secondary N) is 1. The van der Waals surface area contributed by atoms with Crippen LogP contribution in [0.1, 0.15) is 59.3 Å². The zero-order valence-electron chi connectivity index (χ0n) is 12.6. The Kier molecular flexibility index (Phi) is 7.87. The summed E-state index contributed by atoms with van der Waals surface area (Å²) in [6, 6.07) is 0.474. The molecule has 3 heteroatoms. The van der Waals surface area contributed by atoms with Crippen LogP contribution in [0.5, 0.6) is 0 Å². The largest absolute Gasteiger partial charge is 0.374 e. The van der Waals surface area contributed by atoms with Crippen LogP contribution in [0.4, 0.5) is 0 Å². The standard InChI is InChI=1S/C15H31NO2/c1-5-7-8-9-10-12(3)18-14-11-13(16-4)15(14)17-6-2/h12-16H,5-11H2,1-4H3. The first-order valence-electron chi connectivity index (χ1n) is 7.67. The number of hydrogen-bond acceptors (Lipinski definition) is 3. The van der Waals surface area contributed by atoms with Gasteiger partial charge >= 0.3 is 0 Å². The van der Waals surface area contributed by atoms with Gasteiger partial charge in [0.1, 0.15) is 0 Å². The third-order valence-corrected chi connectivity index (χ3v) is 3.85. The number of unbranched alkanes of at least 4 members (excludes halogenated alkanes) is 3. The Balaban J connectivity index is 2.17. The van der Waals surface area contributed by atoms with Gasteiger partial charge in [-0.2, -0.15) is 0 Å². The van der Waals surface area contributed by atoms with Gasteiger partial charge in [0.25, 0.3) is 0 Å². The maximum atomic E-state index is 6.10. The summed E-state index contributed by atoms with van der Waals surface area (Å²) in [6.07, 6.45) is 8.45. The van der Waals surface area contributed by atoms with Crippen molar-refractivity contribution in [1.82, 2.24) is 5.32 Å². The molecule has 0 aliphatic heterocycles. The fourth-order valence-corrected chi connectivity index (χ4v) is 2.64. The van der Waals surface area contributed by atoms with Gasteiger partial charge in [0, 0.05) is 12.6 Å². The van der Waals surface area contributed by atoms with Crippen molar-refractivity contribution < 1.29 is 9.47 Å². The molecule has 1 aliphatic carbocycles. The van der Waals surface area contributed by atoms with Crippen LogP contribution in [-0.2, 0) is 9.47 Å². The van der Waals surface area contributed by atoms with Crippen LogP contribution in [0.3, 0.4) is 0 Å². The van der Waals surface area contributed by atoms with E-state index in [9.17, 15) is 0 Å². The molecule has 0 bridgehead atoms. The predicted octanol–water partition coefficient (Wildman–Crippen LogP) is 3.13. The van der Waals surface area contributed by atoms with Crippen molar-refractivity contribution in [2.75, 3.05) is 13.7 Å². The molecule has 18 heavy (non-hydrogen) atoms. The molecule has 108 valence electrons. The minimum absolute atomic E-state index is 0.248. The number of hydrogen-bond donors (Lipinski definition) is 1. The number of rotatable bonds is 10. The van der Waals surface area contributed by atoms with E-state index in [1.54, 1.807) is 0 Å². The van der Waals surface area contributed by atoms with Crippen LogP contribution in [0.15, 0.2) is 0 Å². The summed E-state index contributed by atoms with van der Waals surface area (Å²) in [6.45, 7) is 7.27.